The van der Waals surface area contributed by atoms with E-state index in [9.17, 15) is 17.6 Å². The second kappa shape index (κ2) is 32.6. The van der Waals surface area contributed by atoms with Crippen molar-refractivity contribution in [2.75, 3.05) is 87.7 Å². The number of rotatable bonds is 6. The van der Waals surface area contributed by atoms with Crippen LogP contribution in [0.3, 0.4) is 0 Å². The van der Waals surface area contributed by atoms with Gasteiger partial charge >= 0.3 is 21.4 Å². The summed E-state index contributed by atoms with van der Waals surface area (Å²) >= 11 is 8.27. The standard InChI is InChI=1S/C18H27BFNO2.C18H25BFNO2.C12H22BNO2.C12H13BrFN.C6H3BrFI.CH4O.CH4/c2*1-17(2)18(3,4)23-19(22-17)15-7-6-14(12-16(15)20)13-8-10-21(5)11-9-13;1-11(2)12(3,4)16-13(15-11)10-6-8-14(5)9-7-10;1-15-6-4-9(5-7-15)10-2-3-11(13)12(14)8-10;7-5-2-1-4(9)3-6(5)8;1-2;/h6-7,12-13H,8-11H2,1-5H3;6-8,12H,9-11H2,1-5H3;6H,7-9H2,1-5H3;2-4,8H,5-7H2,1H3;1-3H;2H,1H3;1H4. The van der Waals surface area contributed by atoms with E-state index in [1.165, 1.54) is 22.7 Å². The number of aliphatic hydroxyl groups is 1. The quantitative estimate of drug-likeness (QED) is 0.0867. The number of hydrogen-bond acceptors (Lipinski definition) is 11. The van der Waals surface area contributed by atoms with Crippen LogP contribution >= 0.6 is 54.5 Å². The van der Waals surface area contributed by atoms with Crippen LogP contribution in [0.5, 0.6) is 0 Å². The van der Waals surface area contributed by atoms with Crippen molar-refractivity contribution in [2.45, 2.75) is 162 Å². The van der Waals surface area contributed by atoms with Gasteiger partial charge in [-0.2, -0.15) is 0 Å². The van der Waals surface area contributed by atoms with Crippen molar-refractivity contribution in [3.05, 3.63) is 149 Å². The van der Waals surface area contributed by atoms with E-state index in [1.54, 1.807) is 36.4 Å². The maximum atomic E-state index is 14.7. The average Bonchev–Trinajstić information content (AvgIpc) is 1.75. The molecule has 7 aliphatic rings. The molecule has 0 spiro atoms. The summed E-state index contributed by atoms with van der Waals surface area (Å²) in [6, 6.07) is 21.3. The third-order valence-electron chi connectivity index (χ3n) is 18.6. The molecular weight excluding hydrogens is 1380 g/mol. The Hall–Kier alpha value is -2.74. The summed E-state index contributed by atoms with van der Waals surface area (Å²) in [5, 5.41) is 7.00. The van der Waals surface area contributed by atoms with E-state index < -0.39 is 36.6 Å². The van der Waals surface area contributed by atoms with E-state index in [0.29, 0.717) is 25.8 Å². The highest BCUT2D eigenvalue weighted by Crippen LogP contribution is 2.41. The maximum absolute atomic E-state index is 14.7. The molecule has 7 heterocycles. The van der Waals surface area contributed by atoms with Crippen LogP contribution in [-0.4, -0.2) is 167 Å². The molecule has 4 aromatic carbocycles. The van der Waals surface area contributed by atoms with Gasteiger partial charge in [0.15, 0.2) is 0 Å². The molecule has 0 amide bonds. The minimum absolute atomic E-state index is 0. The molecule has 0 aliphatic carbocycles. The van der Waals surface area contributed by atoms with Crippen LogP contribution in [0.1, 0.15) is 145 Å². The molecule has 4 saturated heterocycles. The van der Waals surface area contributed by atoms with Crippen LogP contribution in [0.15, 0.2) is 105 Å². The zero-order chi connectivity index (χ0) is 65.3. The molecule has 1 N–H and O–H groups in total. The molecule has 21 heteroatoms. The van der Waals surface area contributed by atoms with Gasteiger partial charge in [0.25, 0.3) is 0 Å². The minimum atomic E-state index is -0.652. The Morgan fingerprint density at radius 1 is 0.449 bits per heavy atom. The zero-order valence-electron chi connectivity index (χ0n) is 55.0. The number of hydrogen-bond donors (Lipinski definition) is 1. The Morgan fingerprint density at radius 2 is 0.809 bits per heavy atom. The van der Waals surface area contributed by atoms with E-state index >= 15 is 0 Å². The molecule has 11 rings (SSSR count). The number of nitrogens with zero attached hydrogens (tertiary/aromatic N) is 4. The van der Waals surface area contributed by atoms with Crippen LogP contribution < -0.4 is 10.9 Å². The largest absolute Gasteiger partial charge is 0.497 e. The first-order valence-electron chi connectivity index (χ1n) is 30.6. The molecule has 0 saturated carbocycles. The van der Waals surface area contributed by atoms with Gasteiger partial charge in [0.05, 0.1) is 42.6 Å². The Bertz CT molecular complexity index is 3040. The molecule has 0 bridgehead atoms. The topological polar surface area (TPSA) is 88.6 Å². The molecular formula is C68H98B3Br2F4IN4O7. The van der Waals surface area contributed by atoms with Gasteiger partial charge in [0.2, 0.25) is 0 Å². The number of piperidine rings is 1. The lowest BCUT2D eigenvalue weighted by Crippen LogP contribution is -2.41. The highest BCUT2D eigenvalue weighted by atomic mass is 127. The predicted molar refractivity (Wildman–Crippen MR) is 376 cm³/mol. The summed E-state index contributed by atoms with van der Waals surface area (Å²) in [5.74, 6) is -0.428. The fourth-order valence-electron chi connectivity index (χ4n) is 10.4. The first-order chi connectivity index (χ1) is 41.1. The summed E-state index contributed by atoms with van der Waals surface area (Å²) in [7, 11) is 8.03. The van der Waals surface area contributed by atoms with Crippen molar-refractivity contribution >= 4 is 97.9 Å². The normalized spacial score (nSPS) is 21.9. The van der Waals surface area contributed by atoms with Gasteiger partial charge in [-0.3, -0.25) is 0 Å². The summed E-state index contributed by atoms with van der Waals surface area (Å²) in [6.45, 7) is 32.4. The molecule has 7 aliphatic heterocycles. The van der Waals surface area contributed by atoms with Crippen molar-refractivity contribution in [1.29, 1.82) is 0 Å². The Balaban J connectivity index is 0.000000206. The second-order valence-electron chi connectivity index (χ2n) is 26.8. The lowest BCUT2D eigenvalue weighted by molar-refractivity contribution is 0.00578. The smallest absolute Gasteiger partial charge is 0.400 e. The summed E-state index contributed by atoms with van der Waals surface area (Å²) < 4.78 is 93.0. The number of halogens is 7. The van der Waals surface area contributed by atoms with Crippen LogP contribution in [0.25, 0.3) is 11.1 Å². The summed E-state index contributed by atoms with van der Waals surface area (Å²) in [4.78, 5) is 9.12. The van der Waals surface area contributed by atoms with Gasteiger partial charge in [0.1, 0.15) is 23.3 Å². The highest BCUT2D eigenvalue weighted by molar-refractivity contribution is 14.1. The lowest BCUT2D eigenvalue weighted by atomic mass is 9.75. The number of likely N-dealkylation sites (tertiary alicyclic amines) is 1. The minimum Gasteiger partial charge on any atom is -0.400 e. The van der Waals surface area contributed by atoms with E-state index in [2.05, 4.69) is 148 Å². The zero-order valence-corrected chi connectivity index (χ0v) is 60.3. The number of benzene rings is 4. The average molecular weight is 1480 g/mol. The first-order valence-corrected chi connectivity index (χ1v) is 33.2. The number of likely N-dealkylation sites (N-methyl/N-ethyl adjacent to an activating group) is 3. The molecule has 89 heavy (non-hydrogen) atoms. The van der Waals surface area contributed by atoms with Crippen molar-refractivity contribution in [3.63, 3.8) is 0 Å². The third kappa shape index (κ3) is 20.4. The van der Waals surface area contributed by atoms with Crippen LogP contribution in [0.4, 0.5) is 17.6 Å². The van der Waals surface area contributed by atoms with Crippen molar-refractivity contribution < 1.29 is 50.6 Å². The van der Waals surface area contributed by atoms with Crippen LogP contribution in [-0.2, 0) is 27.9 Å². The first kappa shape index (κ1) is 77.0. The van der Waals surface area contributed by atoms with E-state index in [4.69, 9.17) is 33.0 Å². The molecule has 4 fully saturated rings. The van der Waals surface area contributed by atoms with Crippen molar-refractivity contribution in [2.24, 2.45) is 0 Å². The monoisotopic (exact) mass is 1480 g/mol. The van der Waals surface area contributed by atoms with E-state index in [-0.39, 0.29) is 49.0 Å². The van der Waals surface area contributed by atoms with Gasteiger partial charge in [-0.25, -0.2) is 17.6 Å². The van der Waals surface area contributed by atoms with Gasteiger partial charge in [0, 0.05) is 60.9 Å². The maximum Gasteiger partial charge on any atom is 0.497 e. The van der Waals surface area contributed by atoms with Gasteiger partial charge in [-0.1, -0.05) is 56.0 Å². The Labute approximate surface area is 562 Å². The second-order valence-corrected chi connectivity index (χ2v) is 29.8. The molecule has 490 valence electrons. The summed E-state index contributed by atoms with van der Waals surface area (Å²) in [6.07, 6.45) is 11.8. The molecule has 0 radical (unpaired) electrons. The Morgan fingerprint density at radius 3 is 1.17 bits per heavy atom. The third-order valence-corrected chi connectivity index (χ3v) is 20.6. The predicted octanol–water partition coefficient (Wildman–Crippen LogP) is 14.4. The van der Waals surface area contributed by atoms with Crippen LogP contribution in [0.2, 0.25) is 0 Å². The lowest BCUT2D eigenvalue weighted by Gasteiger charge is -2.32. The van der Waals surface area contributed by atoms with Crippen molar-refractivity contribution in [1.82, 2.24) is 19.6 Å². The Kier molecular flexibility index (Phi) is 28.2. The van der Waals surface area contributed by atoms with Crippen molar-refractivity contribution in [3.8, 4) is 0 Å². The van der Waals surface area contributed by atoms with Crippen LogP contribution in [0, 0.1) is 26.8 Å². The number of aliphatic hydroxyl groups excluding tert-OH is 1. The summed E-state index contributed by atoms with van der Waals surface area (Å²) in [5.41, 5.74) is 5.53. The molecule has 0 atom stereocenters. The fourth-order valence-corrected chi connectivity index (χ4v) is 11.4. The molecule has 4 aromatic rings. The fraction of sp³-hybridized carbons (Fsp3) is 0.559. The molecule has 0 unspecified atom stereocenters. The molecule has 11 nitrogen and oxygen atoms in total. The molecule has 0 aromatic heterocycles. The van der Waals surface area contributed by atoms with Gasteiger partial charge in [-0.15, -0.1) is 0 Å². The highest BCUT2D eigenvalue weighted by Gasteiger charge is 2.54. The SMILES string of the molecule is C.CN1CC=C(B2OC(C)(C)C(C)(C)O2)CC1.CN1CC=C(c2ccc(B3OC(C)(C)C(C)(C)O3)c(F)c2)CC1.CN1CC=C(c2ccc(Br)c(F)c2)CC1.CN1CCC(c2ccc(B3OC(C)(C)C(C)(C)O3)c(F)c2)CC1.CO.Fc1cc(I)ccc1Br. The van der Waals surface area contributed by atoms with E-state index in [0.717, 1.165) is 112 Å². The van der Waals surface area contributed by atoms with E-state index in [1.807, 2.05) is 85.7 Å². The van der Waals surface area contributed by atoms with Gasteiger partial charge < -0.3 is 52.6 Å². The van der Waals surface area contributed by atoms with Gasteiger partial charge in [-0.05, 0) is 293 Å².